The predicted octanol–water partition coefficient (Wildman–Crippen LogP) is 5.60. The summed E-state index contributed by atoms with van der Waals surface area (Å²) < 4.78 is 23.1. The van der Waals surface area contributed by atoms with Crippen LogP contribution in [-0.4, -0.2) is 44.8 Å². The molecule has 4 N–H and O–H groups in total. The van der Waals surface area contributed by atoms with Crippen LogP contribution in [0.1, 0.15) is 60.3 Å². The van der Waals surface area contributed by atoms with E-state index in [0.717, 1.165) is 31.1 Å². The van der Waals surface area contributed by atoms with Crippen LogP contribution in [0.4, 0.5) is 4.39 Å². The van der Waals surface area contributed by atoms with Gasteiger partial charge in [0.2, 0.25) is 5.91 Å². The third kappa shape index (κ3) is 4.51. The number of aromatic nitrogens is 3. The van der Waals surface area contributed by atoms with Crippen molar-refractivity contribution < 1.29 is 23.8 Å². The van der Waals surface area contributed by atoms with Gasteiger partial charge in [-0.3, -0.25) is 14.3 Å². The minimum atomic E-state index is -1.57. The average molecular weight is 646 g/mol. The first kappa shape index (κ1) is 28.4. The molecule has 2 amide bonds. The molecule has 45 heavy (non-hydrogen) atoms. The number of fused-ring (bicyclic) bond motifs is 3. The quantitative estimate of drug-likeness (QED) is 0.201. The summed E-state index contributed by atoms with van der Waals surface area (Å²) in [5, 5.41) is 23.4. The molecule has 2 aromatic carbocycles. The fourth-order valence-corrected chi connectivity index (χ4v) is 7.51. The number of aliphatic hydroxyl groups is 1. The molecule has 9 nitrogen and oxygen atoms in total. The molecule has 230 valence electrons. The van der Waals surface area contributed by atoms with Gasteiger partial charge in [0.25, 0.3) is 5.91 Å². The zero-order valence-electron chi connectivity index (χ0n) is 24.3. The number of hydrogen-bond donors (Lipinski definition) is 3. The lowest BCUT2D eigenvalue weighted by Gasteiger charge is -2.30. The van der Waals surface area contributed by atoms with E-state index in [4.69, 9.17) is 27.1 Å². The number of nitrogens with one attached hydrogen (secondary N) is 1. The highest BCUT2D eigenvalue weighted by atomic mass is 35.5. The Morgan fingerprint density at radius 2 is 2.07 bits per heavy atom. The predicted molar refractivity (Wildman–Crippen MR) is 169 cm³/mol. The first-order valence-corrected chi connectivity index (χ1v) is 16.2. The van der Waals surface area contributed by atoms with Crippen LogP contribution in [0.25, 0.3) is 32.2 Å². The monoisotopic (exact) mass is 645 g/mol. The lowest BCUT2D eigenvalue weighted by Crippen LogP contribution is -2.44. The maximum atomic E-state index is 14.7. The average Bonchev–Trinajstić information content (AvgIpc) is 3.94. The van der Waals surface area contributed by atoms with E-state index in [1.165, 1.54) is 17.4 Å². The molecular formula is C33H29ClFN5O4S. The molecule has 8 rings (SSSR count). The van der Waals surface area contributed by atoms with Gasteiger partial charge in [0.15, 0.2) is 0 Å². The second kappa shape index (κ2) is 9.97. The summed E-state index contributed by atoms with van der Waals surface area (Å²) in [6, 6.07) is 10.2. The number of pyridine rings is 1. The molecule has 4 heterocycles. The van der Waals surface area contributed by atoms with E-state index in [2.05, 4.69) is 10.4 Å². The zero-order chi connectivity index (χ0) is 31.2. The fourth-order valence-electron chi connectivity index (χ4n) is 6.29. The van der Waals surface area contributed by atoms with Crippen LogP contribution in [0.2, 0.25) is 5.02 Å². The topological polar surface area (TPSA) is 132 Å². The van der Waals surface area contributed by atoms with Crippen LogP contribution in [0.3, 0.4) is 0 Å². The third-order valence-electron chi connectivity index (χ3n) is 9.40. The molecule has 1 aliphatic heterocycles. The van der Waals surface area contributed by atoms with Crippen LogP contribution in [0.5, 0.6) is 5.75 Å². The van der Waals surface area contributed by atoms with E-state index < -0.39 is 22.8 Å². The summed E-state index contributed by atoms with van der Waals surface area (Å²) in [5.74, 6) is -1.14. The van der Waals surface area contributed by atoms with Crippen LogP contribution in [0, 0.1) is 11.7 Å². The molecular weight excluding hydrogens is 617 g/mol. The maximum Gasteiger partial charge on any atom is 0.251 e. The molecule has 0 bridgehead atoms. The van der Waals surface area contributed by atoms with Gasteiger partial charge in [0.1, 0.15) is 40.4 Å². The number of carbonyl (C=O) groups is 2. The standard InChI is InChI=1S/C33H29ClFN5O4S/c1-32(31(36)42)15-44-28-22(32)11-25(38-27(28)21-13-45-29-20(21)3-2-4-24(29)35)33(43,18-5-6-18)14-37-30(41)16-9-17-12-40(19-7-8-19)39-26(17)23(34)10-16/h2-4,9-13,18-19,43H,5-8,14-15H2,1H3,(H2,36,42)(H,37,41)/t32-,33+/m0/s1. The van der Waals surface area contributed by atoms with E-state index >= 15 is 0 Å². The van der Waals surface area contributed by atoms with Crippen molar-refractivity contribution in [3.63, 3.8) is 0 Å². The van der Waals surface area contributed by atoms with E-state index in [1.54, 1.807) is 42.6 Å². The van der Waals surface area contributed by atoms with E-state index in [0.29, 0.717) is 54.8 Å². The number of nitrogens with two attached hydrogens (primary N) is 1. The van der Waals surface area contributed by atoms with Gasteiger partial charge in [-0.05, 0) is 62.8 Å². The number of benzene rings is 2. The van der Waals surface area contributed by atoms with Crippen molar-refractivity contribution in [2.75, 3.05) is 13.2 Å². The number of halogens is 2. The fraction of sp³-hybridized carbons (Fsp3) is 0.333. The van der Waals surface area contributed by atoms with E-state index in [-0.39, 0.29) is 30.6 Å². The first-order chi connectivity index (χ1) is 21.6. The summed E-state index contributed by atoms with van der Waals surface area (Å²) in [5.41, 5.74) is 5.92. The number of hydrogen-bond acceptors (Lipinski definition) is 7. The van der Waals surface area contributed by atoms with Crippen molar-refractivity contribution in [3.8, 4) is 17.0 Å². The second-order valence-electron chi connectivity index (χ2n) is 12.6. The Kier molecular flexibility index (Phi) is 6.30. The molecule has 3 aromatic heterocycles. The van der Waals surface area contributed by atoms with Gasteiger partial charge in [0.05, 0.1) is 28.0 Å². The van der Waals surface area contributed by atoms with E-state index in [1.807, 2.05) is 10.9 Å². The van der Waals surface area contributed by atoms with Gasteiger partial charge in [-0.25, -0.2) is 9.37 Å². The molecule has 5 aromatic rings. The Hall–Kier alpha value is -4.06. The summed E-state index contributed by atoms with van der Waals surface area (Å²) in [6.45, 7) is 1.57. The highest BCUT2D eigenvalue weighted by molar-refractivity contribution is 7.17. The molecule has 0 unspecified atom stereocenters. The minimum Gasteiger partial charge on any atom is -0.489 e. The molecule has 2 saturated carbocycles. The molecule has 0 saturated heterocycles. The van der Waals surface area contributed by atoms with Crippen molar-refractivity contribution >= 4 is 55.7 Å². The van der Waals surface area contributed by atoms with Crippen molar-refractivity contribution in [1.29, 1.82) is 0 Å². The summed E-state index contributed by atoms with van der Waals surface area (Å²) in [6.07, 6.45) is 5.51. The highest BCUT2D eigenvalue weighted by Crippen LogP contribution is 2.51. The SMILES string of the molecule is C[C@]1(C(N)=O)COc2c1cc([C@@](O)(CNC(=O)c1cc(Cl)c3nn(C4CC4)cc3c1)C1CC1)nc2-c1csc2c(F)cccc12. The van der Waals surface area contributed by atoms with Gasteiger partial charge < -0.3 is 20.9 Å². The normalized spacial score (nSPS) is 20.6. The molecule has 2 aliphatic carbocycles. The van der Waals surface area contributed by atoms with Gasteiger partial charge >= 0.3 is 0 Å². The number of amides is 2. The van der Waals surface area contributed by atoms with Crippen molar-refractivity contribution in [2.45, 2.75) is 49.7 Å². The van der Waals surface area contributed by atoms with E-state index in [9.17, 15) is 19.1 Å². The summed E-state index contributed by atoms with van der Waals surface area (Å²) in [7, 11) is 0. The zero-order valence-corrected chi connectivity index (χ0v) is 25.8. The first-order valence-electron chi connectivity index (χ1n) is 14.9. The Morgan fingerprint density at radius 1 is 1.27 bits per heavy atom. The molecule has 0 radical (unpaired) electrons. The number of primary amides is 1. The lowest BCUT2D eigenvalue weighted by atomic mass is 9.81. The summed E-state index contributed by atoms with van der Waals surface area (Å²) >= 11 is 7.77. The molecule has 0 spiro atoms. The van der Waals surface area contributed by atoms with Crippen LogP contribution in [-0.2, 0) is 15.8 Å². The Balaban J connectivity index is 1.19. The Bertz CT molecular complexity index is 2070. The van der Waals surface area contributed by atoms with Crippen molar-refractivity contribution in [2.24, 2.45) is 11.7 Å². The number of carbonyl (C=O) groups excluding carboxylic acids is 2. The number of thiophene rings is 1. The van der Waals surface area contributed by atoms with Crippen LogP contribution < -0.4 is 15.8 Å². The molecule has 2 atom stereocenters. The van der Waals surface area contributed by atoms with Gasteiger partial charge in [-0.2, -0.15) is 5.10 Å². The van der Waals surface area contributed by atoms with Gasteiger partial charge in [-0.15, -0.1) is 11.3 Å². The largest absolute Gasteiger partial charge is 0.489 e. The molecule has 2 fully saturated rings. The van der Waals surface area contributed by atoms with Crippen LogP contribution in [0.15, 0.2) is 48.0 Å². The van der Waals surface area contributed by atoms with Gasteiger partial charge in [-0.1, -0.05) is 23.7 Å². The number of rotatable bonds is 8. The maximum absolute atomic E-state index is 14.7. The van der Waals surface area contributed by atoms with Crippen molar-refractivity contribution in [3.05, 3.63) is 75.6 Å². The number of nitrogens with zero attached hydrogens (tertiary/aromatic N) is 3. The smallest absolute Gasteiger partial charge is 0.251 e. The third-order valence-corrected chi connectivity index (χ3v) is 10.7. The molecule has 12 heteroatoms. The lowest BCUT2D eigenvalue weighted by molar-refractivity contribution is -0.123. The highest BCUT2D eigenvalue weighted by Gasteiger charge is 2.50. The van der Waals surface area contributed by atoms with Crippen LogP contribution >= 0.6 is 22.9 Å². The Labute approximate surface area is 266 Å². The summed E-state index contributed by atoms with van der Waals surface area (Å²) in [4.78, 5) is 31.1. The van der Waals surface area contributed by atoms with Gasteiger partial charge in [0, 0.05) is 39.0 Å². The van der Waals surface area contributed by atoms with Crippen molar-refractivity contribution in [1.82, 2.24) is 20.1 Å². The molecule has 3 aliphatic rings. The minimum absolute atomic E-state index is 0.00535. The Morgan fingerprint density at radius 3 is 2.80 bits per heavy atom. The second-order valence-corrected chi connectivity index (χ2v) is 13.9. The number of ether oxygens (including phenoxy) is 1.